The lowest BCUT2D eigenvalue weighted by molar-refractivity contribution is 0.0331. The van der Waals surface area contributed by atoms with Crippen LogP contribution in [0.15, 0.2) is 0 Å². The maximum absolute atomic E-state index is 5.47. The van der Waals surface area contributed by atoms with E-state index in [-0.39, 0.29) is 6.04 Å². The van der Waals surface area contributed by atoms with Gasteiger partial charge in [-0.15, -0.1) is 11.3 Å². The van der Waals surface area contributed by atoms with E-state index in [1.807, 2.05) is 11.3 Å². The molecule has 0 bridgehead atoms. The zero-order valence-corrected chi connectivity index (χ0v) is 17.4. The van der Waals surface area contributed by atoms with Gasteiger partial charge in [0.2, 0.25) is 0 Å². The highest BCUT2D eigenvalue weighted by Crippen LogP contribution is 2.40. The zero-order chi connectivity index (χ0) is 18.8. The second kappa shape index (κ2) is 8.39. The summed E-state index contributed by atoms with van der Waals surface area (Å²) in [6.45, 7) is 9.42. The summed E-state index contributed by atoms with van der Waals surface area (Å²) in [7, 11) is 1.74. The number of hydrogen-bond donors (Lipinski definition) is 1. The molecule has 148 valence electrons. The molecule has 0 spiro atoms. The van der Waals surface area contributed by atoms with Crippen LogP contribution < -0.4 is 5.32 Å². The molecule has 6 nitrogen and oxygen atoms in total. The molecule has 27 heavy (non-hydrogen) atoms. The number of morpholine rings is 1. The largest absolute Gasteiger partial charge is 0.383 e. The summed E-state index contributed by atoms with van der Waals surface area (Å²) in [4.78, 5) is 14.9. The van der Waals surface area contributed by atoms with E-state index >= 15 is 0 Å². The van der Waals surface area contributed by atoms with E-state index in [1.54, 1.807) is 7.11 Å². The first-order valence-electron chi connectivity index (χ1n) is 10.0. The van der Waals surface area contributed by atoms with Crippen molar-refractivity contribution in [1.82, 2.24) is 14.9 Å². The first-order valence-corrected chi connectivity index (χ1v) is 10.8. The Morgan fingerprint density at radius 3 is 2.93 bits per heavy atom. The van der Waals surface area contributed by atoms with Crippen molar-refractivity contribution >= 4 is 27.4 Å². The van der Waals surface area contributed by atoms with Gasteiger partial charge in [-0.3, -0.25) is 4.90 Å². The van der Waals surface area contributed by atoms with Gasteiger partial charge in [0.25, 0.3) is 0 Å². The Bertz CT molecular complexity index is 788. The molecule has 7 heteroatoms. The predicted octanol–water partition coefficient (Wildman–Crippen LogP) is 3.10. The van der Waals surface area contributed by atoms with Gasteiger partial charge in [0.05, 0.1) is 31.8 Å². The first kappa shape index (κ1) is 19.1. The maximum Gasteiger partial charge on any atom is 0.146 e. The van der Waals surface area contributed by atoms with E-state index in [1.165, 1.54) is 28.7 Å². The summed E-state index contributed by atoms with van der Waals surface area (Å²) >= 11 is 1.87. The molecule has 2 aromatic heterocycles. The molecule has 1 fully saturated rings. The summed E-state index contributed by atoms with van der Waals surface area (Å²) in [6.07, 6.45) is 3.56. The third kappa shape index (κ3) is 4.26. The van der Waals surface area contributed by atoms with E-state index in [4.69, 9.17) is 19.4 Å². The SMILES string of the molecule is COC[C@H](C)Nc1nc(CN2CCOCC2)nc2sc3c(c12)CC[C@@H](C)C3. The van der Waals surface area contributed by atoms with Crippen LogP contribution in [0.3, 0.4) is 0 Å². The first-order chi connectivity index (χ1) is 13.1. The van der Waals surface area contributed by atoms with Gasteiger partial charge in [-0.25, -0.2) is 9.97 Å². The van der Waals surface area contributed by atoms with Crippen LogP contribution >= 0.6 is 11.3 Å². The molecule has 0 amide bonds. The van der Waals surface area contributed by atoms with Crippen molar-refractivity contribution < 1.29 is 9.47 Å². The van der Waals surface area contributed by atoms with Gasteiger partial charge in [0, 0.05) is 31.1 Å². The van der Waals surface area contributed by atoms with Crippen molar-refractivity contribution in [2.75, 3.05) is 45.3 Å². The van der Waals surface area contributed by atoms with Crippen molar-refractivity contribution in [2.45, 2.75) is 45.7 Å². The number of aromatic nitrogens is 2. The van der Waals surface area contributed by atoms with Crippen LogP contribution in [0.5, 0.6) is 0 Å². The standard InChI is InChI=1S/C20H30N4O2S/c1-13-4-5-15-16(10-13)27-20-18(15)19(21-14(2)12-25-3)22-17(23-20)11-24-6-8-26-9-7-24/h13-14H,4-12H2,1-3H3,(H,21,22,23)/t13-,14+/m1/s1. The Morgan fingerprint density at radius 2 is 2.15 bits per heavy atom. The molecule has 0 radical (unpaired) electrons. The van der Waals surface area contributed by atoms with Crippen LogP contribution in [0.4, 0.5) is 5.82 Å². The summed E-state index contributed by atoms with van der Waals surface area (Å²) < 4.78 is 10.8. The molecule has 1 aliphatic carbocycles. The second-order valence-electron chi connectivity index (χ2n) is 7.91. The van der Waals surface area contributed by atoms with Crippen molar-refractivity contribution in [3.05, 3.63) is 16.3 Å². The molecule has 1 aliphatic heterocycles. The molecule has 1 N–H and O–H groups in total. The number of methoxy groups -OCH3 is 1. The van der Waals surface area contributed by atoms with Crippen molar-refractivity contribution in [3.8, 4) is 0 Å². The summed E-state index contributed by atoms with van der Waals surface area (Å²) in [5.74, 6) is 2.65. The Hall–Kier alpha value is -1.28. The monoisotopic (exact) mass is 390 g/mol. The highest BCUT2D eigenvalue weighted by Gasteiger charge is 2.25. The minimum Gasteiger partial charge on any atom is -0.383 e. The molecule has 0 aromatic carbocycles. The Morgan fingerprint density at radius 1 is 1.33 bits per heavy atom. The van der Waals surface area contributed by atoms with Crippen LogP contribution in [0, 0.1) is 5.92 Å². The average Bonchev–Trinajstić information content (AvgIpc) is 3.00. The Kier molecular flexibility index (Phi) is 5.92. The summed E-state index contributed by atoms with van der Waals surface area (Å²) in [5, 5.41) is 4.84. The zero-order valence-electron chi connectivity index (χ0n) is 16.6. The molecule has 2 aliphatic rings. The van der Waals surface area contributed by atoms with Crippen LogP contribution in [0.2, 0.25) is 0 Å². The van der Waals surface area contributed by atoms with Crippen molar-refractivity contribution in [1.29, 1.82) is 0 Å². The van der Waals surface area contributed by atoms with Crippen molar-refractivity contribution in [2.24, 2.45) is 5.92 Å². The minimum atomic E-state index is 0.211. The summed E-state index contributed by atoms with van der Waals surface area (Å²) in [5.41, 5.74) is 1.47. The van der Waals surface area contributed by atoms with E-state index in [0.717, 1.165) is 61.7 Å². The predicted molar refractivity (Wildman–Crippen MR) is 110 cm³/mol. The van der Waals surface area contributed by atoms with E-state index in [9.17, 15) is 0 Å². The number of nitrogens with one attached hydrogen (secondary N) is 1. The number of aryl methyl sites for hydroxylation is 1. The van der Waals surface area contributed by atoms with Gasteiger partial charge in [-0.05, 0) is 37.7 Å². The topological polar surface area (TPSA) is 59.5 Å². The maximum atomic E-state index is 5.47. The van der Waals surface area contributed by atoms with Gasteiger partial charge in [-0.1, -0.05) is 6.92 Å². The van der Waals surface area contributed by atoms with Gasteiger partial charge in [0.15, 0.2) is 0 Å². The quantitative estimate of drug-likeness (QED) is 0.818. The van der Waals surface area contributed by atoms with Crippen LogP contribution in [-0.2, 0) is 28.9 Å². The Balaban J connectivity index is 1.70. The number of nitrogens with zero attached hydrogens (tertiary/aromatic N) is 3. The third-order valence-corrected chi connectivity index (χ3v) is 6.62. The number of thiophene rings is 1. The van der Waals surface area contributed by atoms with Gasteiger partial charge in [0.1, 0.15) is 16.5 Å². The van der Waals surface area contributed by atoms with E-state index < -0.39 is 0 Å². The number of anilines is 1. The lowest BCUT2D eigenvalue weighted by Gasteiger charge is -2.26. The van der Waals surface area contributed by atoms with Crippen LogP contribution in [-0.4, -0.2) is 60.9 Å². The highest BCUT2D eigenvalue weighted by atomic mass is 32.1. The molecule has 0 unspecified atom stereocenters. The lowest BCUT2D eigenvalue weighted by atomic mass is 9.89. The fraction of sp³-hybridized carbons (Fsp3) is 0.700. The number of rotatable bonds is 6. The summed E-state index contributed by atoms with van der Waals surface area (Å²) in [6, 6.07) is 0.211. The van der Waals surface area contributed by atoms with Crippen LogP contribution in [0.1, 0.15) is 36.5 Å². The number of hydrogen-bond acceptors (Lipinski definition) is 7. The highest BCUT2D eigenvalue weighted by molar-refractivity contribution is 7.19. The molecular weight excluding hydrogens is 360 g/mol. The van der Waals surface area contributed by atoms with Gasteiger partial charge < -0.3 is 14.8 Å². The molecule has 1 saturated heterocycles. The molecule has 2 aromatic rings. The van der Waals surface area contributed by atoms with E-state index in [2.05, 4.69) is 24.1 Å². The molecular formula is C20H30N4O2S. The molecule has 3 heterocycles. The second-order valence-corrected chi connectivity index (χ2v) is 8.99. The normalized spacial score (nSPS) is 22.0. The fourth-order valence-electron chi connectivity index (χ4n) is 4.05. The van der Waals surface area contributed by atoms with Crippen LogP contribution in [0.25, 0.3) is 10.2 Å². The smallest absolute Gasteiger partial charge is 0.146 e. The van der Waals surface area contributed by atoms with E-state index in [0.29, 0.717) is 6.61 Å². The number of ether oxygens (including phenoxy) is 2. The number of fused-ring (bicyclic) bond motifs is 3. The molecule has 2 atom stereocenters. The minimum absolute atomic E-state index is 0.211. The fourth-order valence-corrected chi connectivity index (χ4v) is 5.45. The van der Waals surface area contributed by atoms with Gasteiger partial charge in [-0.2, -0.15) is 0 Å². The van der Waals surface area contributed by atoms with Crippen molar-refractivity contribution in [3.63, 3.8) is 0 Å². The molecule has 0 saturated carbocycles. The third-order valence-electron chi connectivity index (χ3n) is 5.47. The lowest BCUT2D eigenvalue weighted by Crippen LogP contribution is -2.36. The average molecular weight is 391 g/mol. The van der Waals surface area contributed by atoms with Gasteiger partial charge >= 0.3 is 0 Å². The Labute approximate surface area is 165 Å². The molecule has 4 rings (SSSR count).